The molecule has 114 valence electrons. The number of hydrogen-bond acceptors (Lipinski definition) is 3. The number of rotatable bonds is 2. The number of nitrogens with two attached hydrogens (primary N) is 1. The molecule has 1 amide bonds. The summed E-state index contributed by atoms with van der Waals surface area (Å²) in [6.45, 7) is 5.05. The molecule has 0 atom stereocenters. The van der Waals surface area contributed by atoms with Crippen molar-refractivity contribution in [3.05, 3.63) is 59.7 Å². The third-order valence-electron chi connectivity index (χ3n) is 4.22. The van der Waals surface area contributed by atoms with Gasteiger partial charge in [0.1, 0.15) is 0 Å². The summed E-state index contributed by atoms with van der Waals surface area (Å²) in [6.07, 6.45) is 0. The maximum Gasteiger partial charge on any atom is 0.254 e. The molecule has 0 aliphatic carbocycles. The van der Waals surface area contributed by atoms with Crippen LogP contribution in [0.4, 0.5) is 11.4 Å². The van der Waals surface area contributed by atoms with Crippen LogP contribution in [0.15, 0.2) is 48.5 Å². The molecule has 22 heavy (non-hydrogen) atoms. The van der Waals surface area contributed by atoms with Crippen LogP contribution in [0, 0.1) is 6.92 Å². The van der Waals surface area contributed by atoms with Crippen molar-refractivity contribution in [3.8, 4) is 0 Å². The minimum Gasteiger partial charge on any atom is -0.397 e. The predicted molar refractivity (Wildman–Crippen MR) is 90.1 cm³/mol. The molecule has 1 aliphatic heterocycles. The molecule has 1 aliphatic rings. The number of piperazine rings is 1. The molecule has 4 heteroatoms. The van der Waals surface area contributed by atoms with Crippen molar-refractivity contribution in [2.75, 3.05) is 36.8 Å². The van der Waals surface area contributed by atoms with Gasteiger partial charge in [-0.2, -0.15) is 0 Å². The first-order valence-electron chi connectivity index (χ1n) is 7.61. The zero-order chi connectivity index (χ0) is 15.5. The Morgan fingerprint density at radius 1 is 0.955 bits per heavy atom. The summed E-state index contributed by atoms with van der Waals surface area (Å²) in [6, 6.07) is 15.7. The Kier molecular flexibility index (Phi) is 4.00. The number of amides is 1. The Hall–Kier alpha value is -2.49. The standard InChI is InChI=1S/C18H21N3O/c1-14-6-2-3-7-15(14)18(22)21-12-10-20(11-13-21)17-9-5-4-8-16(17)19/h2-9H,10-13,19H2,1H3. The molecule has 3 rings (SSSR count). The topological polar surface area (TPSA) is 49.6 Å². The Morgan fingerprint density at radius 2 is 1.59 bits per heavy atom. The lowest BCUT2D eigenvalue weighted by atomic mass is 10.1. The molecule has 0 radical (unpaired) electrons. The Morgan fingerprint density at radius 3 is 2.27 bits per heavy atom. The molecule has 1 fully saturated rings. The first kappa shape index (κ1) is 14.4. The fraction of sp³-hybridized carbons (Fsp3) is 0.278. The first-order valence-corrected chi connectivity index (χ1v) is 7.61. The first-order chi connectivity index (χ1) is 10.7. The van der Waals surface area contributed by atoms with Gasteiger partial charge in [-0.25, -0.2) is 0 Å². The van der Waals surface area contributed by atoms with Gasteiger partial charge in [-0.1, -0.05) is 30.3 Å². The van der Waals surface area contributed by atoms with Crippen LogP contribution in [0.3, 0.4) is 0 Å². The van der Waals surface area contributed by atoms with Crippen molar-refractivity contribution in [1.29, 1.82) is 0 Å². The zero-order valence-corrected chi connectivity index (χ0v) is 12.8. The highest BCUT2D eigenvalue weighted by Gasteiger charge is 2.23. The zero-order valence-electron chi connectivity index (χ0n) is 12.8. The third-order valence-corrected chi connectivity index (χ3v) is 4.22. The molecule has 2 aromatic rings. The van der Waals surface area contributed by atoms with Gasteiger partial charge in [0.05, 0.1) is 11.4 Å². The van der Waals surface area contributed by atoms with E-state index in [2.05, 4.69) is 4.90 Å². The molecule has 1 saturated heterocycles. The van der Waals surface area contributed by atoms with Crippen molar-refractivity contribution < 1.29 is 4.79 Å². The van der Waals surface area contributed by atoms with Gasteiger partial charge in [-0.15, -0.1) is 0 Å². The smallest absolute Gasteiger partial charge is 0.254 e. The Balaban J connectivity index is 1.68. The highest BCUT2D eigenvalue weighted by Crippen LogP contribution is 2.24. The molecule has 2 N–H and O–H groups in total. The lowest BCUT2D eigenvalue weighted by Gasteiger charge is -2.36. The number of anilines is 2. The molecule has 1 heterocycles. The highest BCUT2D eigenvalue weighted by molar-refractivity contribution is 5.95. The maximum atomic E-state index is 12.6. The molecule has 0 spiro atoms. The van der Waals surface area contributed by atoms with Crippen LogP contribution >= 0.6 is 0 Å². The molecule has 0 saturated carbocycles. The summed E-state index contributed by atoms with van der Waals surface area (Å²) in [5.41, 5.74) is 9.72. The SMILES string of the molecule is Cc1ccccc1C(=O)N1CCN(c2ccccc2N)CC1. The van der Waals surface area contributed by atoms with Crippen molar-refractivity contribution in [2.24, 2.45) is 0 Å². The number of hydrogen-bond donors (Lipinski definition) is 1. The van der Waals surface area contributed by atoms with Gasteiger partial charge in [0.25, 0.3) is 5.91 Å². The minimum atomic E-state index is 0.124. The Labute approximate surface area is 131 Å². The summed E-state index contributed by atoms with van der Waals surface area (Å²) in [4.78, 5) is 16.8. The summed E-state index contributed by atoms with van der Waals surface area (Å²) < 4.78 is 0. The second kappa shape index (κ2) is 6.10. The number of aryl methyl sites for hydroxylation is 1. The summed E-state index contributed by atoms with van der Waals surface area (Å²) >= 11 is 0. The van der Waals surface area contributed by atoms with Crippen molar-refractivity contribution >= 4 is 17.3 Å². The fourth-order valence-corrected chi connectivity index (χ4v) is 2.91. The van der Waals surface area contributed by atoms with Crippen molar-refractivity contribution in [2.45, 2.75) is 6.92 Å². The number of para-hydroxylation sites is 2. The number of benzene rings is 2. The number of nitrogens with zero attached hydrogens (tertiary/aromatic N) is 2. The van der Waals surface area contributed by atoms with E-state index in [0.717, 1.165) is 48.7 Å². The Bertz CT molecular complexity index is 676. The van der Waals surface area contributed by atoms with Gasteiger partial charge in [-0.3, -0.25) is 4.79 Å². The van der Waals surface area contributed by atoms with E-state index in [4.69, 9.17) is 5.73 Å². The summed E-state index contributed by atoms with van der Waals surface area (Å²) in [5, 5.41) is 0. The van der Waals surface area contributed by atoms with E-state index in [0.29, 0.717) is 0 Å². The van der Waals surface area contributed by atoms with Gasteiger partial charge >= 0.3 is 0 Å². The highest BCUT2D eigenvalue weighted by atomic mass is 16.2. The van der Waals surface area contributed by atoms with E-state index in [1.165, 1.54) is 0 Å². The largest absolute Gasteiger partial charge is 0.397 e. The normalized spacial score (nSPS) is 15.0. The predicted octanol–water partition coefficient (Wildman–Crippen LogP) is 2.54. The molecule has 0 bridgehead atoms. The summed E-state index contributed by atoms with van der Waals surface area (Å²) in [7, 11) is 0. The molecule has 0 aromatic heterocycles. The number of nitrogen functional groups attached to an aromatic ring is 1. The van der Waals surface area contributed by atoms with Crippen molar-refractivity contribution in [3.63, 3.8) is 0 Å². The lowest BCUT2D eigenvalue weighted by Crippen LogP contribution is -2.49. The quantitative estimate of drug-likeness (QED) is 0.866. The van der Waals surface area contributed by atoms with E-state index in [-0.39, 0.29) is 5.91 Å². The van der Waals surface area contributed by atoms with Gasteiger partial charge in [0, 0.05) is 31.7 Å². The van der Waals surface area contributed by atoms with E-state index < -0.39 is 0 Å². The van der Waals surface area contributed by atoms with Crippen LogP contribution in [0.25, 0.3) is 0 Å². The molecule has 0 unspecified atom stereocenters. The van der Waals surface area contributed by atoms with E-state index in [9.17, 15) is 4.79 Å². The van der Waals surface area contributed by atoms with Crippen LogP contribution in [0.2, 0.25) is 0 Å². The lowest BCUT2D eigenvalue weighted by molar-refractivity contribution is 0.0746. The van der Waals surface area contributed by atoms with Gasteiger partial charge < -0.3 is 15.5 Å². The van der Waals surface area contributed by atoms with Crippen molar-refractivity contribution in [1.82, 2.24) is 4.90 Å². The minimum absolute atomic E-state index is 0.124. The van der Waals surface area contributed by atoms with Crippen LogP contribution < -0.4 is 10.6 Å². The molecular formula is C18H21N3O. The second-order valence-corrected chi connectivity index (χ2v) is 5.65. The fourth-order valence-electron chi connectivity index (χ4n) is 2.91. The monoisotopic (exact) mass is 295 g/mol. The van der Waals surface area contributed by atoms with Crippen LogP contribution in [-0.4, -0.2) is 37.0 Å². The van der Waals surface area contributed by atoms with Gasteiger partial charge in [0.15, 0.2) is 0 Å². The average Bonchev–Trinajstić information content (AvgIpc) is 2.55. The van der Waals surface area contributed by atoms with Gasteiger partial charge in [0.2, 0.25) is 0 Å². The van der Waals surface area contributed by atoms with E-state index in [1.54, 1.807) is 0 Å². The molecular weight excluding hydrogens is 274 g/mol. The molecule has 2 aromatic carbocycles. The second-order valence-electron chi connectivity index (χ2n) is 5.65. The average molecular weight is 295 g/mol. The van der Waals surface area contributed by atoms with Crippen LogP contribution in [-0.2, 0) is 0 Å². The van der Waals surface area contributed by atoms with E-state index in [1.807, 2.05) is 60.4 Å². The van der Waals surface area contributed by atoms with Gasteiger partial charge in [-0.05, 0) is 30.7 Å². The number of carbonyl (C=O) groups is 1. The molecule has 4 nitrogen and oxygen atoms in total. The van der Waals surface area contributed by atoms with E-state index >= 15 is 0 Å². The maximum absolute atomic E-state index is 12.6. The summed E-state index contributed by atoms with van der Waals surface area (Å²) in [5.74, 6) is 0.124. The van der Waals surface area contributed by atoms with Crippen LogP contribution in [0.5, 0.6) is 0 Å². The third kappa shape index (κ3) is 2.77. The van der Waals surface area contributed by atoms with Crippen LogP contribution in [0.1, 0.15) is 15.9 Å². The number of carbonyl (C=O) groups excluding carboxylic acids is 1.